The van der Waals surface area contributed by atoms with Crippen LogP contribution in [0, 0.1) is 18.4 Å². The Morgan fingerprint density at radius 2 is 1.62 bits per heavy atom. The quantitative estimate of drug-likeness (QED) is 0.0280. The van der Waals surface area contributed by atoms with E-state index in [1.54, 1.807) is 0 Å². The summed E-state index contributed by atoms with van der Waals surface area (Å²) in [6.45, 7) is 18.8. The molecule has 0 saturated carbocycles. The molecule has 0 spiro atoms. The van der Waals surface area contributed by atoms with Crippen LogP contribution in [0.15, 0.2) is 70.4 Å². The third-order valence-electron chi connectivity index (χ3n) is 11.4. The number of para-hydroxylation sites is 1. The van der Waals surface area contributed by atoms with E-state index < -0.39 is 32.1 Å². The van der Waals surface area contributed by atoms with Gasteiger partial charge in [0.15, 0.2) is 0 Å². The van der Waals surface area contributed by atoms with Gasteiger partial charge in [0.1, 0.15) is 18.6 Å². The predicted octanol–water partition coefficient (Wildman–Crippen LogP) is 8.45. The van der Waals surface area contributed by atoms with Crippen molar-refractivity contribution in [2.45, 2.75) is 149 Å². The van der Waals surface area contributed by atoms with Crippen LogP contribution in [-0.2, 0) is 34.7 Å². The number of aromatic nitrogens is 2. The van der Waals surface area contributed by atoms with Crippen molar-refractivity contribution >= 4 is 37.9 Å². The van der Waals surface area contributed by atoms with Crippen LogP contribution < -0.4 is 21.5 Å². The molecule has 2 amide bonds. The first-order valence-corrected chi connectivity index (χ1v) is 24.2. The van der Waals surface area contributed by atoms with Gasteiger partial charge in [-0.15, -0.1) is 0 Å². The third kappa shape index (κ3) is 15.2. The van der Waals surface area contributed by atoms with E-state index in [0.717, 1.165) is 54.5 Å². The number of nitrogens with zero attached hydrogens (tertiary/aromatic N) is 4. The van der Waals surface area contributed by atoms with Gasteiger partial charge < -0.3 is 28.8 Å². The number of ketones is 1. The van der Waals surface area contributed by atoms with Gasteiger partial charge in [-0.2, -0.15) is 0 Å². The standard InChI is InChI=1S/C50H65N6O8P/c1-7-44-45(64-65(62-32-31-51-6)56(36(2)3)37(4)5)33-48(63-44)55-35-41(49(60)53-50(55)61)28-29-46(58)52-30-18-10-8-9-11-22-42(57)23-15-17-25-47(59)54-34-40-21-13-12-19-38(40)26-27-39-20-14-16-24-43(39)54/h12-14,16,19-21,24,28-29,35-37,44-45,48H,7-11,15,17-18,22-23,25,30-34H2,1-5H3,(H,52,58)(H,53,60,61)/b29-28+/t44-,45?,48-,65?/m1/s1. The molecule has 0 bridgehead atoms. The van der Waals surface area contributed by atoms with Crippen LogP contribution in [0.3, 0.4) is 0 Å². The van der Waals surface area contributed by atoms with Gasteiger partial charge in [-0.05, 0) is 89.6 Å². The van der Waals surface area contributed by atoms with E-state index >= 15 is 0 Å². The highest BCUT2D eigenvalue weighted by atomic mass is 31.2. The van der Waals surface area contributed by atoms with Crippen LogP contribution >= 0.6 is 8.53 Å². The van der Waals surface area contributed by atoms with Crippen LogP contribution in [-0.4, -0.2) is 75.8 Å². The van der Waals surface area contributed by atoms with Crippen molar-refractivity contribution < 1.29 is 28.2 Å². The van der Waals surface area contributed by atoms with E-state index in [1.165, 1.54) is 22.9 Å². The summed E-state index contributed by atoms with van der Waals surface area (Å²) < 4.78 is 22.4. The van der Waals surface area contributed by atoms with E-state index in [1.807, 2.05) is 60.4 Å². The Bertz CT molecular complexity index is 2320. The largest absolute Gasteiger partial charge is 0.353 e. The van der Waals surface area contributed by atoms with Crippen molar-refractivity contribution in [3.63, 3.8) is 0 Å². The summed E-state index contributed by atoms with van der Waals surface area (Å²) in [5.74, 6) is 6.37. The molecule has 14 nitrogen and oxygen atoms in total. The minimum atomic E-state index is -1.52. The van der Waals surface area contributed by atoms with Gasteiger partial charge in [-0.1, -0.05) is 68.4 Å². The maximum Gasteiger partial charge on any atom is 0.330 e. The number of anilines is 1. The second-order valence-corrected chi connectivity index (χ2v) is 18.4. The number of hydrogen-bond acceptors (Lipinski definition) is 9. The lowest BCUT2D eigenvalue weighted by molar-refractivity contribution is -0.120. The van der Waals surface area contributed by atoms with Crippen molar-refractivity contribution in [1.29, 1.82) is 0 Å². The van der Waals surface area contributed by atoms with Crippen LogP contribution in [0.2, 0.25) is 0 Å². The summed E-state index contributed by atoms with van der Waals surface area (Å²) in [6.07, 6.45) is 10.6. The molecule has 2 N–H and O–H groups in total. The molecule has 2 aliphatic heterocycles. The summed E-state index contributed by atoms with van der Waals surface area (Å²) in [7, 11) is -1.52. The van der Waals surface area contributed by atoms with E-state index in [9.17, 15) is 24.0 Å². The fourth-order valence-corrected chi connectivity index (χ4v) is 9.81. The first-order valence-electron chi connectivity index (χ1n) is 23.1. The van der Waals surface area contributed by atoms with E-state index in [0.29, 0.717) is 58.0 Å². The van der Waals surface area contributed by atoms with Crippen LogP contribution in [0.25, 0.3) is 10.9 Å². The fraction of sp³-hybridized carbons (Fsp3) is 0.520. The zero-order chi connectivity index (χ0) is 46.7. The van der Waals surface area contributed by atoms with Crippen molar-refractivity contribution in [3.05, 3.63) is 115 Å². The smallest absolute Gasteiger partial charge is 0.330 e. The average molecular weight is 909 g/mol. The number of carbonyl (C=O) groups is 3. The first-order chi connectivity index (χ1) is 31.4. The van der Waals surface area contributed by atoms with Crippen molar-refractivity contribution in [3.8, 4) is 11.8 Å². The molecule has 65 heavy (non-hydrogen) atoms. The Labute approximate surface area is 384 Å². The summed E-state index contributed by atoms with van der Waals surface area (Å²) >= 11 is 0. The van der Waals surface area contributed by atoms with E-state index in [-0.39, 0.29) is 54.5 Å². The van der Waals surface area contributed by atoms with Crippen molar-refractivity contribution in [1.82, 2.24) is 19.5 Å². The van der Waals surface area contributed by atoms with Crippen LogP contribution in [0.4, 0.5) is 5.69 Å². The van der Waals surface area contributed by atoms with Crippen molar-refractivity contribution in [2.24, 2.45) is 0 Å². The minimum Gasteiger partial charge on any atom is -0.353 e. The van der Waals surface area contributed by atoms with Gasteiger partial charge in [-0.25, -0.2) is 16.0 Å². The zero-order valence-electron chi connectivity index (χ0n) is 38.6. The number of carbonyl (C=O) groups excluding carboxylic acids is 3. The van der Waals surface area contributed by atoms with E-state index in [2.05, 4.69) is 59.4 Å². The molecule has 5 rings (SSSR count). The molecule has 1 fully saturated rings. The molecule has 4 atom stereocenters. The van der Waals surface area contributed by atoms with Gasteiger partial charge in [0.2, 0.25) is 18.4 Å². The summed E-state index contributed by atoms with van der Waals surface area (Å²) in [5, 5.41) is 2.85. The number of unbranched alkanes of at least 4 members (excludes halogenated alkanes) is 5. The molecule has 3 heterocycles. The van der Waals surface area contributed by atoms with Gasteiger partial charge in [0, 0.05) is 67.7 Å². The lowest BCUT2D eigenvalue weighted by Crippen LogP contribution is -2.36. The Balaban J connectivity index is 0.985. The van der Waals surface area contributed by atoms with Crippen LogP contribution in [0.5, 0.6) is 0 Å². The van der Waals surface area contributed by atoms with Gasteiger partial charge in [0.25, 0.3) is 14.1 Å². The summed E-state index contributed by atoms with van der Waals surface area (Å²) in [5.41, 5.74) is 2.49. The van der Waals surface area contributed by atoms with Gasteiger partial charge in [0.05, 0.1) is 30.0 Å². The maximum absolute atomic E-state index is 13.4. The number of nitrogens with one attached hydrogen (secondary N) is 2. The number of benzene rings is 2. The molecule has 1 aromatic heterocycles. The molecular formula is C50H65N6O8P. The number of fused-ring (bicyclic) bond motifs is 2. The normalized spacial score (nSPS) is 17.3. The lowest BCUT2D eigenvalue weighted by atomic mass is 10.0. The molecule has 0 aliphatic carbocycles. The summed E-state index contributed by atoms with van der Waals surface area (Å²) in [6, 6.07) is 15.9. The topological polar surface area (TPSA) is 157 Å². The Kier molecular flexibility index (Phi) is 20.4. The summed E-state index contributed by atoms with van der Waals surface area (Å²) in [4.78, 5) is 72.0. The molecule has 15 heteroatoms. The molecule has 348 valence electrons. The number of rotatable bonds is 25. The number of ether oxygens (including phenoxy) is 1. The SMILES string of the molecule is [C-]#[N+]CCOP(OC1C[C@H](n2cc(/C=C/C(=O)NCCCCCCCC(=O)CCCCC(=O)N3Cc4ccccc4C#Cc4ccccc43)c(=O)[nH]c2=O)O[C@@H]1CC)N(C(C)C)C(C)C. The molecule has 0 radical (unpaired) electrons. The Hall–Kier alpha value is -5.21. The van der Waals surface area contributed by atoms with Gasteiger partial charge >= 0.3 is 5.69 Å². The average Bonchev–Trinajstić information content (AvgIpc) is 3.68. The lowest BCUT2D eigenvalue weighted by Gasteiger charge is -2.37. The van der Waals surface area contributed by atoms with Gasteiger partial charge in [-0.3, -0.25) is 28.7 Å². The number of hydrogen-bond donors (Lipinski definition) is 2. The molecule has 2 aliphatic rings. The molecule has 3 aromatic rings. The number of H-pyrrole nitrogens is 1. The van der Waals surface area contributed by atoms with E-state index in [4.69, 9.17) is 20.4 Å². The highest BCUT2D eigenvalue weighted by Crippen LogP contribution is 2.50. The van der Waals surface area contributed by atoms with Crippen LogP contribution in [0.1, 0.15) is 140 Å². The zero-order valence-corrected chi connectivity index (χ0v) is 39.4. The number of aromatic amines is 1. The maximum atomic E-state index is 13.4. The number of amides is 2. The molecule has 1 saturated heterocycles. The Morgan fingerprint density at radius 3 is 2.35 bits per heavy atom. The monoisotopic (exact) mass is 908 g/mol. The molecular weight excluding hydrogens is 844 g/mol. The second kappa shape index (κ2) is 26.1. The predicted molar refractivity (Wildman–Crippen MR) is 255 cm³/mol. The highest BCUT2D eigenvalue weighted by molar-refractivity contribution is 7.44. The third-order valence-corrected chi connectivity index (χ3v) is 13.5. The fourth-order valence-electron chi connectivity index (χ4n) is 8.06. The second-order valence-electron chi connectivity index (χ2n) is 17.0. The highest BCUT2D eigenvalue weighted by Gasteiger charge is 2.41. The molecule has 2 unspecified atom stereocenters. The Morgan fingerprint density at radius 1 is 0.954 bits per heavy atom. The van der Waals surface area contributed by atoms with Crippen molar-refractivity contribution in [2.75, 3.05) is 24.6 Å². The minimum absolute atomic E-state index is 0.0298. The molecule has 2 aromatic carbocycles. The number of Topliss-reactive ketones (excluding diaryl/α,β-unsaturated/α-hetero) is 1. The first kappa shape index (κ1) is 50.8.